The van der Waals surface area contributed by atoms with Crippen LogP contribution in [0.15, 0.2) is 34.0 Å². The summed E-state index contributed by atoms with van der Waals surface area (Å²) in [7, 11) is 0. The smallest absolute Gasteiger partial charge is 0.326 e. The summed E-state index contributed by atoms with van der Waals surface area (Å²) in [6.07, 6.45) is 8.26. The molecule has 1 N–H and O–H groups in total. The van der Waals surface area contributed by atoms with Gasteiger partial charge in [-0.15, -0.1) is 11.8 Å². The van der Waals surface area contributed by atoms with Crippen molar-refractivity contribution in [1.29, 1.82) is 0 Å². The summed E-state index contributed by atoms with van der Waals surface area (Å²) >= 11 is 7.91. The Morgan fingerprint density at radius 2 is 2.03 bits per heavy atom. The molecule has 1 spiro atoms. The lowest BCUT2D eigenvalue weighted by molar-refractivity contribution is -0.143. The highest BCUT2D eigenvalue weighted by atomic mass is 35.5. The number of rotatable bonds is 6. The fraction of sp³-hybridized carbons (Fsp3) is 0.458. The maximum atomic E-state index is 13.3. The van der Waals surface area contributed by atoms with E-state index in [0.717, 1.165) is 10.7 Å². The monoisotopic (exact) mass is 471 g/mol. The molecule has 3 aromatic rings. The summed E-state index contributed by atoms with van der Waals surface area (Å²) in [6, 6.07) is 7.52. The van der Waals surface area contributed by atoms with Gasteiger partial charge in [-0.1, -0.05) is 18.0 Å². The summed E-state index contributed by atoms with van der Waals surface area (Å²) in [6.45, 7) is 2.02. The van der Waals surface area contributed by atoms with Crippen LogP contribution in [0.3, 0.4) is 0 Å². The summed E-state index contributed by atoms with van der Waals surface area (Å²) in [5.41, 5.74) is 1.53. The summed E-state index contributed by atoms with van der Waals surface area (Å²) < 4.78 is 7.00. The third kappa shape index (κ3) is 3.55. The van der Waals surface area contributed by atoms with Gasteiger partial charge >= 0.3 is 5.97 Å². The Morgan fingerprint density at radius 3 is 2.69 bits per heavy atom. The van der Waals surface area contributed by atoms with Gasteiger partial charge in [-0.3, -0.25) is 9.59 Å². The molecule has 6 nitrogen and oxygen atoms in total. The van der Waals surface area contributed by atoms with E-state index in [-0.39, 0.29) is 24.5 Å². The third-order valence-electron chi connectivity index (χ3n) is 6.90. The first-order valence-electron chi connectivity index (χ1n) is 11.1. The molecule has 0 radical (unpaired) electrons. The van der Waals surface area contributed by atoms with E-state index in [9.17, 15) is 9.59 Å². The van der Waals surface area contributed by atoms with Crippen molar-refractivity contribution in [2.75, 3.05) is 18.2 Å². The van der Waals surface area contributed by atoms with Gasteiger partial charge in [0.25, 0.3) is 0 Å². The van der Waals surface area contributed by atoms with E-state index in [4.69, 9.17) is 21.3 Å². The van der Waals surface area contributed by atoms with Crippen LogP contribution in [0.1, 0.15) is 39.0 Å². The number of halogens is 1. The predicted molar refractivity (Wildman–Crippen MR) is 130 cm³/mol. The standard InChI is InChI=1S/C24H26ClN3O3S/c1-3-31-19(29)13-28-20-15(5-7-17(25)22(20)32-2)21(30)16-6-8-18(27-23(16)28)26-14-11-24(12-14)9-4-10-24/h5-8,14H,3-4,9-13H2,1-2H3,(H,26,27). The number of nitrogens with zero attached hydrogens (tertiary/aromatic N) is 2. The van der Waals surface area contributed by atoms with Gasteiger partial charge < -0.3 is 14.6 Å². The second-order valence-electron chi connectivity index (χ2n) is 8.87. The zero-order valence-electron chi connectivity index (χ0n) is 18.2. The number of hydrogen-bond donors (Lipinski definition) is 1. The highest BCUT2D eigenvalue weighted by molar-refractivity contribution is 7.99. The first-order chi connectivity index (χ1) is 15.4. The van der Waals surface area contributed by atoms with Crippen LogP contribution in [-0.4, -0.2) is 34.4 Å². The highest BCUT2D eigenvalue weighted by Gasteiger charge is 2.48. The zero-order valence-corrected chi connectivity index (χ0v) is 19.8. The molecule has 0 saturated heterocycles. The molecule has 2 aliphatic carbocycles. The van der Waals surface area contributed by atoms with Gasteiger partial charge in [-0.05, 0) is 68.5 Å². The van der Waals surface area contributed by atoms with Crippen molar-refractivity contribution in [2.24, 2.45) is 5.41 Å². The average Bonchev–Trinajstić information content (AvgIpc) is 2.72. The summed E-state index contributed by atoms with van der Waals surface area (Å²) in [4.78, 5) is 31.4. The number of esters is 1. The van der Waals surface area contributed by atoms with E-state index >= 15 is 0 Å². The molecule has 2 fully saturated rings. The molecule has 168 valence electrons. The van der Waals surface area contributed by atoms with Crippen molar-refractivity contribution < 1.29 is 9.53 Å². The molecule has 2 saturated carbocycles. The van der Waals surface area contributed by atoms with E-state index in [2.05, 4.69) is 5.32 Å². The Morgan fingerprint density at radius 1 is 1.28 bits per heavy atom. The van der Waals surface area contributed by atoms with E-state index in [1.807, 2.05) is 12.3 Å². The Balaban J connectivity index is 1.64. The van der Waals surface area contributed by atoms with Crippen molar-refractivity contribution in [3.63, 3.8) is 0 Å². The molecule has 2 aromatic heterocycles. The number of anilines is 1. The van der Waals surface area contributed by atoms with Gasteiger partial charge in [0, 0.05) is 11.4 Å². The SMILES string of the molecule is CCOC(=O)Cn1c2nc(NC3CC4(CCC4)C3)ccc2c(=O)c2ccc(Cl)c(SC)c21. The molecule has 2 aliphatic rings. The fourth-order valence-electron chi connectivity index (χ4n) is 5.23. The van der Waals surface area contributed by atoms with Crippen molar-refractivity contribution in [2.45, 2.75) is 56.5 Å². The zero-order chi connectivity index (χ0) is 22.5. The van der Waals surface area contributed by atoms with Crippen molar-refractivity contribution in [3.8, 4) is 0 Å². The van der Waals surface area contributed by atoms with Crippen molar-refractivity contribution in [1.82, 2.24) is 9.55 Å². The van der Waals surface area contributed by atoms with Crippen LogP contribution in [0.2, 0.25) is 5.02 Å². The van der Waals surface area contributed by atoms with Crippen molar-refractivity contribution in [3.05, 3.63) is 39.5 Å². The number of hydrogen-bond acceptors (Lipinski definition) is 6. The minimum Gasteiger partial charge on any atom is -0.465 e. The minimum atomic E-state index is -0.378. The Kier molecular flexibility index (Phi) is 5.58. The van der Waals surface area contributed by atoms with Gasteiger partial charge in [0.1, 0.15) is 18.0 Å². The van der Waals surface area contributed by atoms with Crippen LogP contribution in [-0.2, 0) is 16.1 Å². The van der Waals surface area contributed by atoms with Crippen LogP contribution >= 0.6 is 23.4 Å². The number of pyridine rings is 2. The second-order valence-corrected chi connectivity index (χ2v) is 10.1. The van der Waals surface area contributed by atoms with E-state index in [1.165, 1.54) is 43.9 Å². The molecule has 5 rings (SSSR count). The van der Waals surface area contributed by atoms with Crippen LogP contribution in [0, 0.1) is 5.41 Å². The number of benzene rings is 1. The molecular formula is C24H26ClN3O3S. The molecule has 0 aliphatic heterocycles. The van der Waals surface area contributed by atoms with Crippen LogP contribution in [0.25, 0.3) is 21.9 Å². The predicted octanol–water partition coefficient (Wildman–Crippen LogP) is 5.23. The second kappa shape index (κ2) is 8.27. The third-order valence-corrected chi connectivity index (χ3v) is 8.14. The van der Waals surface area contributed by atoms with Gasteiger partial charge in [-0.25, -0.2) is 4.98 Å². The highest BCUT2D eigenvalue weighted by Crippen LogP contribution is 2.56. The molecule has 0 bridgehead atoms. The molecule has 0 atom stereocenters. The molecule has 0 amide bonds. The number of carbonyl (C=O) groups is 1. The summed E-state index contributed by atoms with van der Waals surface area (Å²) in [5, 5.41) is 5.07. The topological polar surface area (TPSA) is 73.2 Å². The number of carbonyl (C=O) groups excluding carboxylic acids is 1. The lowest BCUT2D eigenvalue weighted by Gasteiger charge is -2.54. The van der Waals surface area contributed by atoms with Gasteiger partial charge in [0.15, 0.2) is 5.43 Å². The molecule has 32 heavy (non-hydrogen) atoms. The lowest BCUT2D eigenvalue weighted by Crippen LogP contribution is -2.49. The quantitative estimate of drug-likeness (QED) is 0.301. The molecule has 8 heteroatoms. The molecule has 2 heterocycles. The van der Waals surface area contributed by atoms with Gasteiger partial charge in [0.05, 0.1) is 27.4 Å². The number of fused-ring (bicyclic) bond motifs is 2. The van der Waals surface area contributed by atoms with Gasteiger partial charge in [0.2, 0.25) is 0 Å². The van der Waals surface area contributed by atoms with E-state index < -0.39 is 0 Å². The average molecular weight is 472 g/mol. The van der Waals surface area contributed by atoms with E-state index in [0.29, 0.717) is 38.4 Å². The largest absolute Gasteiger partial charge is 0.465 e. The number of ether oxygens (including phenoxy) is 1. The number of nitrogens with one attached hydrogen (secondary N) is 1. The van der Waals surface area contributed by atoms with Crippen LogP contribution < -0.4 is 10.7 Å². The van der Waals surface area contributed by atoms with Crippen LogP contribution in [0.5, 0.6) is 0 Å². The first-order valence-corrected chi connectivity index (χ1v) is 12.7. The Labute approximate surface area is 195 Å². The fourth-order valence-corrected chi connectivity index (χ4v) is 6.29. The number of thioether (sulfide) groups is 1. The normalized spacial score (nSPS) is 17.3. The lowest BCUT2D eigenvalue weighted by atomic mass is 9.54. The van der Waals surface area contributed by atoms with Crippen LogP contribution in [0.4, 0.5) is 5.82 Å². The van der Waals surface area contributed by atoms with Crippen molar-refractivity contribution >= 4 is 57.1 Å². The molecule has 0 unspecified atom stereocenters. The van der Waals surface area contributed by atoms with Gasteiger partial charge in [-0.2, -0.15) is 0 Å². The first kappa shape index (κ1) is 21.6. The minimum absolute atomic E-state index is 0.0436. The molecular weight excluding hydrogens is 446 g/mol. The maximum absolute atomic E-state index is 13.3. The Bertz CT molecular complexity index is 1280. The maximum Gasteiger partial charge on any atom is 0.326 e. The molecule has 1 aromatic carbocycles. The Hall–Kier alpha value is -2.25. The van der Waals surface area contributed by atoms with E-state index in [1.54, 1.807) is 29.7 Å². The number of aromatic nitrogens is 2. The summed E-state index contributed by atoms with van der Waals surface area (Å²) in [5.74, 6) is 0.345.